The number of fused-ring (bicyclic) bond motifs is 4. The Bertz CT molecular complexity index is 4240. The zero-order valence-corrected chi connectivity index (χ0v) is 44.1. The number of hydrogen-bond donors (Lipinski definition) is 1. The van der Waals surface area contributed by atoms with Gasteiger partial charge in [-0.05, 0) is 151 Å². The van der Waals surface area contributed by atoms with Gasteiger partial charge in [0.25, 0.3) is 0 Å². The Kier molecular flexibility index (Phi) is 12.7. The summed E-state index contributed by atoms with van der Waals surface area (Å²) in [6, 6.07) is 115. The summed E-state index contributed by atoms with van der Waals surface area (Å²) in [6.45, 7) is 0. The first-order valence-corrected chi connectivity index (χ1v) is 27.5. The number of hydrogen-bond acceptors (Lipinski definition) is 3. The molecule has 14 rings (SSSR count). The number of rotatable bonds is 12. The molecule has 1 aliphatic heterocycles. The Morgan fingerprint density at radius 3 is 1.34 bits per heavy atom. The van der Waals surface area contributed by atoms with Crippen LogP contribution in [0.15, 0.2) is 315 Å². The fourth-order valence-corrected chi connectivity index (χ4v) is 11.7. The van der Waals surface area contributed by atoms with Crippen molar-refractivity contribution in [2.75, 3.05) is 15.1 Å². The molecule has 0 atom stereocenters. The van der Waals surface area contributed by atoms with Gasteiger partial charge in [-0.15, -0.1) is 0 Å². The van der Waals surface area contributed by atoms with Gasteiger partial charge in [0.15, 0.2) is 7.28 Å². The summed E-state index contributed by atoms with van der Waals surface area (Å²) in [4.78, 5) is 4.97. The highest BCUT2D eigenvalue weighted by Crippen LogP contribution is 2.47. The Labute approximate surface area is 469 Å². The van der Waals surface area contributed by atoms with Crippen LogP contribution in [0.2, 0.25) is 0 Å². The number of nitrogens with zero attached hydrogens (tertiary/aromatic N) is 2. The topological polar surface area (TPSA) is 18.5 Å². The monoisotopic (exact) mass is 1020 g/mol. The smallest absolute Gasteiger partial charge is 0.198 e. The molecule has 0 spiro atoms. The van der Waals surface area contributed by atoms with Crippen molar-refractivity contribution in [3.8, 4) is 66.8 Å². The zero-order chi connectivity index (χ0) is 53.2. The largest absolute Gasteiger partial charge is 0.355 e. The lowest BCUT2D eigenvalue weighted by Gasteiger charge is -2.37. The van der Waals surface area contributed by atoms with E-state index in [0.717, 1.165) is 69.3 Å². The summed E-state index contributed by atoms with van der Waals surface area (Å²) >= 11 is 0. The molecule has 0 unspecified atom stereocenters. The van der Waals surface area contributed by atoms with Crippen LogP contribution in [0.4, 0.5) is 45.5 Å². The van der Waals surface area contributed by atoms with Gasteiger partial charge in [-0.3, -0.25) is 0 Å². The third kappa shape index (κ3) is 9.40. The van der Waals surface area contributed by atoms with E-state index in [9.17, 15) is 0 Å². The van der Waals surface area contributed by atoms with Gasteiger partial charge in [0.05, 0.1) is 0 Å². The van der Waals surface area contributed by atoms with Crippen molar-refractivity contribution in [2.24, 2.45) is 0 Å². The van der Waals surface area contributed by atoms with E-state index in [1.807, 2.05) is 0 Å². The van der Waals surface area contributed by atoms with Crippen LogP contribution >= 0.6 is 0 Å². The summed E-state index contributed by atoms with van der Waals surface area (Å²) in [5.74, 6) is 0. The highest BCUT2D eigenvalue weighted by atomic mass is 15.2. The Morgan fingerprint density at radius 2 is 0.762 bits per heavy atom. The number of nitrogens with one attached hydrogen (secondary N) is 1. The molecule has 0 radical (unpaired) electrons. The van der Waals surface area contributed by atoms with Crippen molar-refractivity contribution in [1.29, 1.82) is 0 Å². The molecule has 0 saturated carbocycles. The predicted octanol–water partition coefficient (Wildman–Crippen LogP) is 19.2. The van der Waals surface area contributed by atoms with Gasteiger partial charge in [-0.1, -0.05) is 242 Å². The third-order valence-electron chi connectivity index (χ3n) is 15.6. The minimum Gasteiger partial charge on any atom is -0.355 e. The number of anilines is 8. The molecule has 1 aliphatic rings. The van der Waals surface area contributed by atoms with E-state index in [0.29, 0.717) is 0 Å². The lowest BCUT2D eigenvalue weighted by molar-refractivity contribution is 1.26. The van der Waals surface area contributed by atoms with Gasteiger partial charge in [0, 0.05) is 56.4 Å². The van der Waals surface area contributed by atoms with Crippen LogP contribution in [-0.4, -0.2) is 7.28 Å². The standard InChI is InChI=1S/C76H54BN3/c1-6-20-53(21-7-1)58-36-41-65(42-37-58)79(66-43-38-59(39-44-66)54-22-8-2-9-23-54)68-45-46-72-74(52-68)80(67-34-19-32-61(49-67)56-26-12-4-13-27-56)76-69-35-17-16-30-63(69)51-71(75(76)77-72)70-50-62(57-28-14-5-15-29-57)40-47-73(70)78-64-33-18-31-60(48-64)55-24-10-3-11-25-55/h1-52,77-78H. The second kappa shape index (κ2) is 21.2. The molecular formula is C76H54BN3. The van der Waals surface area contributed by atoms with Gasteiger partial charge in [-0.25, -0.2) is 0 Å². The van der Waals surface area contributed by atoms with Crippen molar-refractivity contribution < 1.29 is 0 Å². The lowest BCUT2D eigenvalue weighted by atomic mass is 9.57. The predicted molar refractivity (Wildman–Crippen MR) is 342 cm³/mol. The highest BCUT2D eigenvalue weighted by Gasteiger charge is 2.32. The minimum atomic E-state index is 0.718. The maximum Gasteiger partial charge on any atom is 0.198 e. The van der Waals surface area contributed by atoms with Gasteiger partial charge in [0.2, 0.25) is 0 Å². The van der Waals surface area contributed by atoms with Crippen LogP contribution in [0.3, 0.4) is 0 Å². The van der Waals surface area contributed by atoms with Crippen LogP contribution in [0.1, 0.15) is 0 Å². The van der Waals surface area contributed by atoms with Crippen molar-refractivity contribution in [3.63, 3.8) is 0 Å². The fourth-order valence-electron chi connectivity index (χ4n) is 11.7. The summed E-state index contributed by atoms with van der Waals surface area (Å²) < 4.78 is 0. The van der Waals surface area contributed by atoms with E-state index in [4.69, 9.17) is 0 Å². The Balaban J connectivity index is 0.975. The first kappa shape index (κ1) is 48.0. The number of benzene rings is 13. The van der Waals surface area contributed by atoms with Gasteiger partial charge in [-0.2, -0.15) is 0 Å². The summed E-state index contributed by atoms with van der Waals surface area (Å²) in [7, 11) is 0.718. The molecule has 0 saturated heterocycles. The van der Waals surface area contributed by atoms with E-state index >= 15 is 0 Å². The summed E-state index contributed by atoms with van der Waals surface area (Å²) in [5.41, 5.74) is 25.3. The SMILES string of the molecule is B1c2ccc(N(c3ccc(-c4ccccc4)cc3)c3ccc(-c4ccccc4)cc3)cc2N(c2cccc(-c3ccccc3)c2)c2c1c(-c1cc(-c3ccccc3)ccc1Nc1cccc(-c3ccccc3)c1)cc1ccccc21. The van der Waals surface area contributed by atoms with E-state index in [1.165, 1.54) is 71.9 Å². The normalized spacial score (nSPS) is 11.6. The van der Waals surface area contributed by atoms with E-state index in [1.54, 1.807) is 0 Å². The van der Waals surface area contributed by atoms with Crippen molar-refractivity contribution in [3.05, 3.63) is 315 Å². The van der Waals surface area contributed by atoms with E-state index in [-0.39, 0.29) is 0 Å². The second-order valence-corrected chi connectivity index (χ2v) is 20.6. The minimum absolute atomic E-state index is 0.718. The summed E-state index contributed by atoms with van der Waals surface area (Å²) in [5, 5.41) is 6.33. The molecule has 376 valence electrons. The molecule has 13 aromatic rings. The zero-order valence-electron chi connectivity index (χ0n) is 44.1. The van der Waals surface area contributed by atoms with E-state index < -0.39 is 0 Å². The van der Waals surface area contributed by atoms with Gasteiger partial charge in [0.1, 0.15) is 0 Å². The van der Waals surface area contributed by atoms with Gasteiger partial charge >= 0.3 is 0 Å². The lowest BCUT2D eigenvalue weighted by Crippen LogP contribution is -2.41. The second-order valence-electron chi connectivity index (χ2n) is 20.6. The molecule has 0 aromatic heterocycles. The molecule has 0 bridgehead atoms. The quantitative estimate of drug-likeness (QED) is 0.123. The molecule has 0 aliphatic carbocycles. The Morgan fingerprint density at radius 1 is 0.312 bits per heavy atom. The van der Waals surface area contributed by atoms with Crippen LogP contribution < -0.4 is 26.0 Å². The molecule has 80 heavy (non-hydrogen) atoms. The Hall–Kier alpha value is -10.4. The third-order valence-corrected chi connectivity index (χ3v) is 15.6. The molecule has 13 aromatic carbocycles. The molecule has 4 heteroatoms. The maximum absolute atomic E-state index is 3.96. The van der Waals surface area contributed by atoms with Crippen LogP contribution in [0, 0.1) is 0 Å². The average molecular weight is 1020 g/mol. The summed E-state index contributed by atoms with van der Waals surface area (Å²) in [6.07, 6.45) is 0. The molecule has 0 fully saturated rings. The fraction of sp³-hybridized carbons (Fsp3) is 0. The highest BCUT2D eigenvalue weighted by molar-refractivity contribution is 6.74. The average Bonchev–Trinajstić information content (AvgIpc) is 3.73. The van der Waals surface area contributed by atoms with Crippen molar-refractivity contribution >= 4 is 74.5 Å². The molecule has 3 nitrogen and oxygen atoms in total. The molecule has 0 amide bonds. The molecular weight excluding hydrogens is 966 g/mol. The maximum atomic E-state index is 3.96. The van der Waals surface area contributed by atoms with E-state index in [2.05, 4.69) is 331 Å². The van der Waals surface area contributed by atoms with Crippen molar-refractivity contribution in [1.82, 2.24) is 0 Å². The molecule has 1 heterocycles. The van der Waals surface area contributed by atoms with Crippen LogP contribution in [-0.2, 0) is 0 Å². The first-order valence-electron chi connectivity index (χ1n) is 27.5. The molecule has 1 N–H and O–H groups in total. The first-order chi connectivity index (χ1) is 39.6. The van der Waals surface area contributed by atoms with Crippen molar-refractivity contribution in [2.45, 2.75) is 0 Å². The van der Waals surface area contributed by atoms with Crippen LogP contribution in [0.25, 0.3) is 77.5 Å². The van der Waals surface area contributed by atoms with Gasteiger partial charge < -0.3 is 15.1 Å². The van der Waals surface area contributed by atoms with Crippen LogP contribution in [0.5, 0.6) is 0 Å².